The lowest BCUT2D eigenvalue weighted by atomic mass is 10.0. The van der Waals surface area contributed by atoms with Crippen LogP contribution >= 0.6 is 31.9 Å². The van der Waals surface area contributed by atoms with Crippen LogP contribution in [0.2, 0.25) is 0 Å². The Morgan fingerprint density at radius 3 is 1.66 bits per heavy atom. The lowest BCUT2D eigenvalue weighted by molar-refractivity contribution is 0.336. The first-order valence-corrected chi connectivity index (χ1v) is 16.0. The van der Waals surface area contributed by atoms with Crippen molar-refractivity contribution in [2.45, 2.75) is 31.6 Å². The number of hydrogen-bond acceptors (Lipinski definition) is 3. The van der Waals surface area contributed by atoms with E-state index in [4.69, 9.17) is 0 Å². The standard InChI is InChI=1S/C31H34Br2N2O2S/c1-3-4-19-34-22-27(25-7-11-29(32)12-8-25)17-20-35(38(36,37)31-15-5-24(2)6-16-31)21-18-28(23-34)26-9-13-30(33)14-10-26/h5-18H,3-4,19-23H2,1-2H3/b27-17+,28-18+. The van der Waals surface area contributed by atoms with Gasteiger partial charge in [-0.05, 0) is 78.6 Å². The number of rotatable bonds is 7. The van der Waals surface area contributed by atoms with E-state index in [1.807, 2.05) is 43.3 Å². The summed E-state index contributed by atoms with van der Waals surface area (Å²) in [5.41, 5.74) is 5.52. The molecule has 3 aromatic rings. The molecule has 0 fully saturated rings. The Hall–Kier alpha value is -2.03. The Morgan fingerprint density at radius 1 is 0.737 bits per heavy atom. The van der Waals surface area contributed by atoms with Crippen molar-refractivity contribution in [2.75, 3.05) is 32.7 Å². The molecule has 0 aromatic heterocycles. The molecule has 1 heterocycles. The summed E-state index contributed by atoms with van der Waals surface area (Å²) in [6, 6.07) is 23.7. The van der Waals surface area contributed by atoms with E-state index < -0.39 is 10.0 Å². The van der Waals surface area contributed by atoms with Crippen LogP contribution in [0.5, 0.6) is 0 Å². The predicted molar refractivity (Wildman–Crippen MR) is 166 cm³/mol. The number of benzene rings is 3. The number of hydrogen-bond donors (Lipinski definition) is 0. The molecular formula is C31H34Br2N2O2S. The maximum atomic E-state index is 13.8. The van der Waals surface area contributed by atoms with Crippen molar-refractivity contribution in [1.29, 1.82) is 0 Å². The number of unbranched alkanes of at least 4 members (excludes halogenated alkanes) is 1. The van der Waals surface area contributed by atoms with Crippen LogP contribution in [0.4, 0.5) is 0 Å². The number of halogens is 2. The van der Waals surface area contributed by atoms with E-state index in [0.717, 1.165) is 69.3 Å². The van der Waals surface area contributed by atoms with E-state index in [9.17, 15) is 8.42 Å². The second-order valence-corrected chi connectivity index (χ2v) is 13.4. The van der Waals surface area contributed by atoms with Crippen LogP contribution in [-0.4, -0.2) is 50.3 Å². The molecule has 0 spiro atoms. The van der Waals surface area contributed by atoms with Crippen molar-refractivity contribution in [3.05, 3.63) is 111 Å². The zero-order valence-corrected chi connectivity index (χ0v) is 25.9. The van der Waals surface area contributed by atoms with Crippen LogP contribution in [0, 0.1) is 6.92 Å². The first kappa shape index (κ1) is 29.0. The fourth-order valence-corrected chi connectivity index (χ4v) is 6.36. The number of aryl methyl sites for hydroxylation is 1. The van der Waals surface area contributed by atoms with Gasteiger partial charge >= 0.3 is 0 Å². The molecule has 38 heavy (non-hydrogen) atoms. The van der Waals surface area contributed by atoms with Crippen molar-refractivity contribution in [2.24, 2.45) is 0 Å². The summed E-state index contributed by atoms with van der Waals surface area (Å²) in [7, 11) is -3.68. The monoisotopic (exact) mass is 656 g/mol. The van der Waals surface area contributed by atoms with Crippen molar-refractivity contribution in [3.8, 4) is 0 Å². The highest BCUT2D eigenvalue weighted by Gasteiger charge is 2.25. The molecule has 7 heteroatoms. The first-order valence-electron chi connectivity index (χ1n) is 13.0. The molecule has 1 aliphatic heterocycles. The first-order chi connectivity index (χ1) is 18.3. The van der Waals surface area contributed by atoms with Crippen molar-refractivity contribution < 1.29 is 8.42 Å². The van der Waals surface area contributed by atoms with Gasteiger partial charge in [0, 0.05) is 35.1 Å². The zero-order valence-electron chi connectivity index (χ0n) is 21.9. The van der Waals surface area contributed by atoms with Gasteiger partial charge in [-0.1, -0.05) is 99.3 Å². The summed E-state index contributed by atoms with van der Waals surface area (Å²) in [6.07, 6.45) is 6.40. The summed E-state index contributed by atoms with van der Waals surface area (Å²) >= 11 is 7.09. The van der Waals surface area contributed by atoms with E-state index in [1.165, 1.54) is 0 Å². The van der Waals surface area contributed by atoms with Gasteiger partial charge in [-0.15, -0.1) is 0 Å². The Labute approximate surface area is 244 Å². The van der Waals surface area contributed by atoms with Crippen molar-refractivity contribution in [1.82, 2.24) is 9.21 Å². The molecule has 0 N–H and O–H groups in total. The SMILES string of the molecule is CCCCN1C/C(c2ccc(Br)cc2)=C\CN(S(=O)(=O)c2ccc(C)cc2)C/C=C(/c2ccc(Br)cc2)C1. The van der Waals surface area contributed by atoms with Gasteiger partial charge in [0.05, 0.1) is 4.90 Å². The van der Waals surface area contributed by atoms with Crippen molar-refractivity contribution in [3.63, 3.8) is 0 Å². The van der Waals surface area contributed by atoms with Gasteiger partial charge in [-0.3, -0.25) is 4.90 Å². The highest BCUT2D eigenvalue weighted by Crippen LogP contribution is 2.26. The Morgan fingerprint density at radius 2 is 1.21 bits per heavy atom. The highest BCUT2D eigenvalue weighted by atomic mass is 79.9. The van der Waals surface area contributed by atoms with Gasteiger partial charge < -0.3 is 0 Å². The minimum atomic E-state index is -3.68. The third kappa shape index (κ3) is 7.54. The fourth-order valence-electron chi connectivity index (χ4n) is 4.51. The van der Waals surface area contributed by atoms with Crippen molar-refractivity contribution >= 4 is 53.0 Å². The fraction of sp³-hybridized carbons (Fsp3) is 0.290. The van der Waals surface area contributed by atoms with Gasteiger partial charge in [0.2, 0.25) is 10.0 Å². The Bertz CT molecular complexity index is 1310. The summed E-state index contributed by atoms with van der Waals surface area (Å²) in [4.78, 5) is 2.80. The van der Waals surface area contributed by atoms with E-state index in [0.29, 0.717) is 18.0 Å². The predicted octanol–water partition coefficient (Wildman–Crippen LogP) is 7.79. The molecule has 0 aliphatic carbocycles. The van der Waals surface area contributed by atoms with E-state index in [1.54, 1.807) is 16.4 Å². The Balaban J connectivity index is 1.78. The molecule has 1 aliphatic rings. The van der Waals surface area contributed by atoms with Gasteiger partial charge in [0.15, 0.2) is 0 Å². The van der Waals surface area contributed by atoms with Crippen LogP contribution in [0.1, 0.15) is 36.5 Å². The third-order valence-electron chi connectivity index (χ3n) is 6.79. The maximum absolute atomic E-state index is 13.8. The molecule has 0 radical (unpaired) electrons. The summed E-state index contributed by atoms with van der Waals surface area (Å²) in [5, 5.41) is 0. The zero-order chi connectivity index (χ0) is 27.1. The molecule has 0 unspecified atom stereocenters. The minimum absolute atomic E-state index is 0.299. The lowest BCUT2D eigenvalue weighted by Gasteiger charge is -2.28. The van der Waals surface area contributed by atoms with Crippen LogP contribution in [0.15, 0.2) is 98.8 Å². The van der Waals surface area contributed by atoms with Crippen LogP contribution in [0.3, 0.4) is 0 Å². The molecular weight excluding hydrogens is 624 g/mol. The van der Waals surface area contributed by atoms with Gasteiger partial charge in [0.1, 0.15) is 0 Å². The average Bonchev–Trinajstić information content (AvgIpc) is 2.91. The summed E-state index contributed by atoms with van der Waals surface area (Å²) < 4.78 is 31.2. The Kier molecular flexibility index (Phi) is 10.2. The maximum Gasteiger partial charge on any atom is 0.243 e. The van der Waals surface area contributed by atoms with Crippen LogP contribution in [0.25, 0.3) is 11.1 Å². The molecule has 4 rings (SSSR count). The van der Waals surface area contributed by atoms with E-state index in [2.05, 4.69) is 80.1 Å². The number of sulfonamides is 1. The average molecular weight is 659 g/mol. The highest BCUT2D eigenvalue weighted by molar-refractivity contribution is 9.10. The molecule has 0 bridgehead atoms. The second kappa shape index (κ2) is 13.4. The molecule has 0 amide bonds. The van der Waals surface area contributed by atoms with Gasteiger partial charge in [-0.2, -0.15) is 4.31 Å². The molecule has 0 atom stereocenters. The molecule has 0 saturated heterocycles. The smallest absolute Gasteiger partial charge is 0.243 e. The largest absolute Gasteiger partial charge is 0.295 e. The summed E-state index contributed by atoms with van der Waals surface area (Å²) in [6.45, 7) is 7.24. The molecule has 4 nitrogen and oxygen atoms in total. The van der Waals surface area contributed by atoms with Crippen LogP contribution < -0.4 is 0 Å². The van der Waals surface area contributed by atoms with Gasteiger partial charge in [0.25, 0.3) is 0 Å². The minimum Gasteiger partial charge on any atom is -0.295 e. The quantitative estimate of drug-likeness (QED) is 0.260. The topological polar surface area (TPSA) is 40.6 Å². The van der Waals surface area contributed by atoms with Gasteiger partial charge in [-0.25, -0.2) is 8.42 Å². The molecule has 0 saturated carbocycles. The normalized spacial score (nSPS) is 18.8. The second-order valence-electron chi connectivity index (χ2n) is 9.67. The van der Waals surface area contributed by atoms with E-state index in [-0.39, 0.29) is 0 Å². The molecule has 3 aromatic carbocycles. The third-order valence-corrected chi connectivity index (χ3v) is 9.69. The van der Waals surface area contributed by atoms with Crippen LogP contribution in [-0.2, 0) is 10.0 Å². The summed E-state index contributed by atoms with van der Waals surface area (Å²) in [5.74, 6) is 0. The number of nitrogens with zero attached hydrogens (tertiary/aromatic N) is 2. The lowest BCUT2D eigenvalue weighted by Crippen LogP contribution is -2.34. The molecule has 200 valence electrons. The van der Waals surface area contributed by atoms with E-state index >= 15 is 0 Å².